The molecule has 2 aromatic rings. The lowest BCUT2D eigenvalue weighted by molar-refractivity contribution is 0.00463. The molecule has 1 aliphatic rings. The molecule has 1 atom stereocenters. The Bertz CT molecular complexity index is 756. The van der Waals surface area contributed by atoms with Crippen LogP contribution in [0.25, 0.3) is 0 Å². The van der Waals surface area contributed by atoms with E-state index in [-0.39, 0.29) is 12.1 Å². The average Bonchev–Trinajstić information content (AvgIpc) is 2.96. The van der Waals surface area contributed by atoms with Gasteiger partial charge in [0, 0.05) is 30.8 Å². The zero-order chi connectivity index (χ0) is 18.5. The van der Waals surface area contributed by atoms with Crippen molar-refractivity contribution in [3.8, 4) is 0 Å². The van der Waals surface area contributed by atoms with Gasteiger partial charge in [0.2, 0.25) is 0 Å². The van der Waals surface area contributed by atoms with Gasteiger partial charge >= 0.3 is 6.03 Å². The molecule has 0 aliphatic carbocycles. The lowest BCUT2D eigenvalue weighted by Gasteiger charge is -2.27. The molecule has 2 amide bonds. The molecule has 3 rings (SSSR count). The first-order valence-electron chi connectivity index (χ1n) is 8.93. The van der Waals surface area contributed by atoms with Gasteiger partial charge in [-0.2, -0.15) is 5.10 Å². The Kier molecular flexibility index (Phi) is 6.16. The van der Waals surface area contributed by atoms with Crippen LogP contribution in [0.1, 0.15) is 30.4 Å². The summed E-state index contributed by atoms with van der Waals surface area (Å²) in [6.45, 7) is 3.85. The summed E-state index contributed by atoms with van der Waals surface area (Å²) in [5, 5.41) is 8.05. The Morgan fingerprint density at radius 3 is 3.04 bits per heavy atom. The second-order valence-corrected chi connectivity index (χ2v) is 7.20. The molecule has 1 aromatic heterocycles. The summed E-state index contributed by atoms with van der Waals surface area (Å²) < 4.78 is 7.50. The van der Waals surface area contributed by atoms with E-state index >= 15 is 0 Å². The van der Waals surface area contributed by atoms with E-state index in [1.807, 2.05) is 31.2 Å². The second-order valence-electron chi connectivity index (χ2n) is 6.76. The van der Waals surface area contributed by atoms with Crippen molar-refractivity contribution >= 4 is 23.4 Å². The van der Waals surface area contributed by atoms with Crippen LogP contribution in [0.15, 0.2) is 30.5 Å². The number of nitrogens with zero attached hydrogens (tertiary/aromatic N) is 3. The predicted molar refractivity (Wildman–Crippen MR) is 103 cm³/mol. The fraction of sp³-hybridized carbons (Fsp3) is 0.474. The van der Waals surface area contributed by atoms with Crippen molar-refractivity contribution in [2.24, 2.45) is 0 Å². The molecule has 0 radical (unpaired) electrons. The third-order valence-electron chi connectivity index (χ3n) is 4.57. The molecule has 1 aromatic carbocycles. The number of likely N-dealkylation sites (N-methyl/N-ethyl adjacent to an activating group) is 1. The molecule has 2 heterocycles. The number of nitrogens with one attached hydrogen (secondary N) is 1. The number of carbonyl (C=O) groups excluding carboxylic acids is 1. The molecule has 0 saturated carbocycles. The number of hydrogen-bond donors (Lipinski definition) is 1. The van der Waals surface area contributed by atoms with Crippen LogP contribution in [-0.4, -0.2) is 47.0 Å². The molecular formula is C19H25ClN4O2. The average molecular weight is 377 g/mol. The van der Waals surface area contributed by atoms with E-state index in [1.165, 1.54) is 0 Å². The quantitative estimate of drug-likeness (QED) is 0.860. The van der Waals surface area contributed by atoms with Crippen molar-refractivity contribution in [3.63, 3.8) is 0 Å². The summed E-state index contributed by atoms with van der Waals surface area (Å²) in [5.74, 6) is 0.700. The van der Waals surface area contributed by atoms with Gasteiger partial charge in [-0.25, -0.2) is 9.48 Å². The summed E-state index contributed by atoms with van der Waals surface area (Å²) in [7, 11) is 1.79. The number of rotatable bonds is 5. The Morgan fingerprint density at radius 2 is 2.31 bits per heavy atom. The summed E-state index contributed by atoms with van der Waals surface area (Å²) >= 11 is 6.06. The number of benzene rings is 1. The van der Waals surface area contributed by atoms with Crippen LogP contribution in [-0.2, 0) is 11.3 Å². The van der Waals surface area contributed by atoms with Crippen LogP contribution < -0.4 is 5.32 Å². The third kappa shape index (κ3) is 4.77. The maximum atomic E-state index is 12.6. The minimum Gasteiger partial charge on any atom is -0.376 e. The Morgan fingerprint density at radius 1 is 1.46 bits per heavy atom. The van der Waals surface area contributed by atoms with Crippen molar-refractivity contribution < 1.29 is 9.53 Å². The van der Waals surface area contributed by atoms with Crippen molar-refractivity contribution in [2.75, 3.05) is 25.5 Å². The lowest BCUT2D eigenvalue weighted by atomic mass is 10.1. The molecule has 1 N–H and O–H groups in total. The van der Waals surface area contributed by atoms with E-state index in [0.717, 1.165) is 37.0 Å². The molecule has 1 saturated heterocycles. The third-order valence-corrected chi connectivity index (χ3v) is 4.80. The number of urea groups is 1. The zero-order valence-electron chi connectivity index (χ0n) is 15.2. The lowest BCUT2D eigenvalue weighted by Crippen LogP contribution is -2.39. The normalized spacial score (nSPS) is 17.1. The van der Waals surface area contributed by atoms with Gasteiger partial charge in [-0.05, 0) is 43.9 Å². The molecule has 1 unspecified atom stereocenters. The number of ether oxygens (including phenoxy) is 1. The Balaban J connectivity index is 1.65. The first-order valence-corrected chi connectivity index (χ1v) is 9.31. The molecule has 6 nitrogen and oxygen atoms in total. The largest absolute Gasteiger partial charge is 0.376 e. The van der Waals surface area contributed by atoms with Crippen molar-refractivity contribution in [3.05, 3.63) is 46.6 Å². The monoisotopic (exact) mass is 376 g/mol. The van der Waals surface area contributed by atoms with Gasteiger partial charge < -0.3 is 9.64 Å². The van der Waals surface area contributed by atoms with Crippen LogP contribution in [0.3, 0.4) is 0 Å². The molecule has 140 valence electrons. The van der Waals surface area contributed by atoms with Crippen molar-refractivity contribution in [2.45, 2.75) is 38.8 Å². The second kappa shape index (κ2) is 8.56. The van der Waals surface area contributed by atoms with E-state index in [2.05, 4.69) is 10.4 Å². The summed E-state index contributed by atoms with van der Waals surface area (Å²) in [6.07, 6.45) is 5.14. The van der Waals surface area contributed by atoms with Crippen LogP contribution in [0, 0.1) is 6.92 Å². The highest BCUT2D eigenvalue weighted by Crippen LogP contribution is 2.19. The summed E-state index contributed by atoms with van der Waals surface area (Å²) in [6, 6.07) is 7.47. The van der Waals surface area contributed by atoms with Crippen LogP contribution >= 0.6 is 11.6 Å². The van der Waals surface area contributed by atoms with Gasteiger partial charge in [-0.15, -0.1) is 0 Å². The standard InChI is InChI=1S/C19H25ClN4O2/c1-14-11-21-24(12-15-6-5-7-16(20)10-15)18(14)22-19(25)23(2)13-17-8-3-4-9-26-17/h5-7,10-11,17H,3-4,8-9,12-13H2,1-2H3,(H,22,25). The van der Waals surface area contributed by atoms with E-state index < -0.39 is 0 Å². The van der Waals surface area contributed by atoms with Gasteiger partial charge in [0.25, 0.3) is 0 Å². The smallest absolute Gasteiger partial charge is 0.322 e. The fourth-order valence-electron chi connectivity index (χ4n) is 3.11. The minimum atomic E-state index is -0.157. The maximum Gasteiger partial charge on any atom is 0.322 e. The number of carbonyl (C=O) groups is 1. The molecule has 1 fully saturated rings. The predicted octanol–water partition coefficient (Wildman–Crippen LogP) is 3.93. The van der Waals surface area contributed by atoms with Crippen LogP contribution in [0.2, 0.25) is 5.02 Å². The first-order chi connectivity index (χ1) is 12.5. The van der Waals surface area contributed by atoms with Gasteiger partial charge in [0.1, 0.15) is 5.82 Å². The Labute approximate surface area is 159 Å². The number of aryl methyl sites for hydroxylation is 1. The number of hydrogen-bond acceptors (Lipinski definition) is 3. The number of anilines is 1. The number of amides is 2. The van der Waals surface area contributed by atoms with E-state index in [0.29, 0.717) is 23.9 Å². The van der Waals surface area contributed by atoms with Gasteiger partial charge in [0.15, 0.2) is 0 Å². The van der Waals surface area contributed by atoms with Crippen molar-refractivity contribution in [1.29, 1.82) is 0 Å². The van der Waals surface area contributed by atoms with Gasteiger partial charge in [0.05, 0.1) is 18.8 Å². The first kappa shape index (κ1) is 18.7. The summed E-state index contributed by atoms with van der Waals surface area (Å²) in [5.41, 5.74) is 1.95. The molecule has 26 heavy (non-hydrogen) atoms. The highest BCUT2D eigenvalue weighted by molar-refractivity contribution is 6.30. The highest BCUT2D eigenvalue weighted by atomic mass is 35.5. The summed E-state index contributed by atoms with van der Waals surface area (Å²) in [4.78, 5) is 14.3. The topological polar surface area (TPSA) is 59.4 Å². The fourth-order valence-corrected chi connectivity index (χ4v) is 3.32. The molecule has 0 bridgehead atoms. The molecular weight excluding hydrogens is 352 g/mol. The van der Waals surface area contributed by atoms with Gasteiger partial charge in [-0.3, -0.25) is 5.32 Å². The van der Waals surface area contributed by atoms with E-state index in [4.69, 9.17) is 16.3 Å². The van der Waals surface area contributed by atoms with E-state index in [9.17, 15) is 4.79 Å². The Hall–Kier alpha value is -2.05. The number of halogens is 1. The minimum absolute atomic E-state index is 0.122. The van der Waals surface area contributed by atoms with Gasteiger partial charge in [-0.1, -0.05) is 23.7 Å². The SMILES string of the molecule is Cc1cnn(Cc2cccc(Cl)c2)c1NC(=O)N(C)CC1CCCCO1. The van der Waals surface area contributed by atoms with Crippen molar-refractivity contribution in [1.82, 2.24) is 14.7 Å². The van der Waals surface area contributed by atoms with Crippen LogP contribution in [0.5, 0.6) is 0 Å². The van der Waals surface area contributed by atoms with E-state index in [1.54, 1.807) is 22.8 Å². The van der Waals surface area contributed by atoms with Crippen LogP contribution in [0.4, 0.5) is 10.6 Å². The maximum absolute atomic E-state index is 12.6. The zero-order valence-corrected chi connectivity index (χ0v) is 16.0. The highest BCUT2D eigenvalue weighted by Gasteiger charge is 2.20. The number of aromatic nitrogens is 2. The molecule has 0 spiro atoms. The molecule has 1 aliphatic heterocycles. The molecule has 7 heteroatoms.